The molecule has 0 aliphatic rings. The van der Waals surface area contributed by atoms with Crippen LogP contribution in [0.25, 0.3) is 0 Å². The zero-order valence-electron chi connectivity index (χ0n) is 45.6. The minimum Gasteiger partial charge on any atom is -0.394 e. The lowest BCUT2D eigenvalue weighted by molar-refractivity contribution is -0.125. The molecule has 5 heteroatoms. The Morgan fingerprint density at radius 3 is 0.940 bits per heavy atom. The number of aliphatic hydroxyl groups is 3. The van der Waals surface area contributed by atoms with E-state index in [1.54, 1.807) is 0 Å². The Morgan fingerprint density at radius 2 is 0.642 bits per heavy atom. The summed E-state index contributed by atoms with van der Waals surface area (Å²) in [6.45, 7) is 4.30. The van der Waals surface area contributed by atoms with Gasteiger partial charge in [0.1, 0.15) is 0 Å². The molecule has 0 spiro atoms. The molecule has 4 N–H and O–H groups in total. The number of aliphatic hydroxyl groups excluding tert-OH is 3. The first kappa shape index (κ1) is 65.8. The topological polar surface area (TPSA) is 89.8 Å². The summed E-state index contributed by atoms with van der Waals surface area (Å²) in [6.07, 6.45) is 73.6. The second-order valence-corrected chi connectivity index (χ2v) is 21.3. The second kappa shape index (κ2) is 57.4. The number of rotatable bonds is 57. The van der Waals surface area contributed by atoms with Crippen molar-refractivity contribution in [3.8, 4) is 0 Å². The van der Waals surface area contributed by atoms with Crippen LogP contribution in [0.1, 0.15) is 341 Å². The number of carbonyl (C=O) groups excluding carboxylic acids is 1. The maximum Gasteiger partial charge on any atom is 0.222 e. The maximum atomic E-state index is 12.6. The van der Waals surface area contributed by atoms with Gasteiger partial charge in [0, 0.05) is 0 Å². The highest BCUT2D eigenvalue weighted by molar-refractivity contribution is 5.76. The van der Waals surface area contributed by atoms with E-state index >= 15 is 0 Å². The zero-order valence-corrected chi connectivity index (χ0v) is 45.6. The molecule has 5 nitrogen and oxygen atoms in total. The number of carbonyl (C=O) groups is 1. The standard InChI is InChI=1S/C62H121NO4/c1-3-5-7-9-11-13-15-17-19-21-23-24-25-26-27-28-29-30-31-32-33-34-35-36-38-39-41-43-45-47-49-51-53-55-59(65)57-62(67)63-60(58-64)61(66)56-54-52-50-48-46-44-42-40-37-22-20-18-16-14-12-10-8-6-4-2/h25-26,28-29,59-61,64-66H,3-24,27,30-58H2,1-2H3,(H,63,67)/b26-25-,29-28-. The van der Waals surface area contributed by atoms with E-state index in [-0.39, 0.29) is 18.9 Å². The number of amides is 1. The predicted octanol–water partition coefficient (Wildman–Crippen LogP) is 19.2. The molecule has 0 aromatic carbocycles. The fourth-order valence-corrected chi connectivity index (χ4v) is 9.85. The van der Waals surface area contributed by atoms with Crippen molar-refractivity contribution in [1.29, 1.82) is 0 Å². The van der Waals surface area contributed by atoms with Crippen LogP contribution in [0.15, 0.2) is 24.3 Å². The molecule has 0 bridgehead atoms. The Balaban J connectivity index is 3.48. The smallest absolute Gasteiger partial charge is 0.222 e. The third-order valence-electron chi connectivity index (χ3n) is 14.5. The van der Waals surface area contributed by atoms with Crippen molar-refractivity contribution in [2.75, 3.05) is 6.61 Å². The molecule has 0 radical (unpaired) electrons. The highest BCUT2D eigenvalue weighted by Gasteiger charge is 2.21. The van der Waals surface area contributed by atoms with Crippen LogP contribution in [-0.4, -0.2) is 46.1 Å². The van der Waals surface area contributed by atoms with Gasteiger partial charge in [-0.1, -0.05) is 314 Å². The van der Waals surface area contributed by atoms with E-state index < -0.39 is 18.2 Å². The Kier molecular flexibility index (Phi) is 56.4. The number of allylic oxidation sites excluding steroid dienone is 4. The number of unbranched alkanes of at least 4 members (excludes halogenated alkanes) is 44. The van der Waals surface area contributed by atoms with Crippen molar-refractivity contribution >= 4 is 5.91 Å². The summed E-state index contributed by atoms with van der Waals surface area (Å²) in [5, 5.41) is 33.7. The van der Waals surface area contributed by atoms with Gasteiger partial charge in [-0.05, 0) is 44.9 Å². The van der Waals surface area contributed by atoms with Crippen LogP contribution in [0.3, 0.4) is 0 Å². The molecular formula is C62H121NO4. The van der Waals surface area contributed by atoms with Gasteiger partial charge in [0.15, 0.2) is 0 Å². The van der Waals surface area contributed by atoms with E-state index in [9.17, 15) is 20.1 Å². The van der Waals surface area contributed by atoms with E-state index in [0.29, 0.717) is 12.8 Å². The van der Waals surface area contributed by atoms with Crippen LogP contribution in [0.5, 0.6) is 0 Å². The molecule has 67 heavy (non-hydrogen) atoms. The summed E-state index contributed by atoms with van der Waals surface area (Å²) in [5.74, 6) is -0.277. The molecule has 0 aromatic heterocycles. The third-order valence-corrected chi connectivity index (χ3v) is 14.5. The first-order valence-electron chi connectivity index (χ1n) is 30.6. The molecular weight excluding hydrogens is 823 g/mol. The van der Waals surface area contributed by atoms with Crippen molar-refractivity contribution < 1.29 is 20.1 Å². The van der Waals surface area contributed by atoms with Crippen LogP contribution >= 0.6 is 0 Å². The van der Waals surface area contributed by atoms with Gasteiger partial charge in [-0.25, -0.2) is 0 Å². The SMILES string of the molecule is CCCCCCCCCCCCC/C=C\C/C=C\CCCCCCCCCCCCCCCCCC(O)CC(=O)NC(CO)C(O)CCCCCCCCCCCCCCCCCCCCC. The third kappa shape index (κ3) is 54.0. The Bertz CT molecular complexity index is 998. The summed E-state index contributed by atoms with van der Waals surface area (Å²) in [4.78, 5) is 12.6. The van der Waals surface area contributed by atoms with Gasteiger partial charge in [0.25, 0.3) is 0 Å². The van der Waals surface area contributed by atoms with Gasteiger partial charge >= 0.3 is 0 Å². The van der Waals surface area contributed by atoms with E-state index in [2.05, 4.69) is 43.5 Å². The molecule has 0 heterocycles. The molecule has 0 fully saturated rings. The second-order valence-electron chi connectivity index (χ2n) is 21.3. The van der Waals surface area contributed by atoms with Gasteiger partial charge in [0.05, 0.1) is 31.3 Å². The highest BCUT2D eigenvalue weighted by atomic mass is 16.3. The van der Waals surface area contributed by atoms with Crippen LogP contribution < -0.4 is 5.32 Å². The Hall–Kier alpha value is -1.17. The van der Waals surface area contributed by atoms with Crippen LogP contribution in [0.2, 0.25) is 0 Å². The fraction of sp³-hybridized carbons (Fsp3) is 0.919. The quantitative estimate of drug-likeness (QED) is 0.0361. The molecule has 3 unspecified atom stereocenters. The predicted molar refractivity (Wildman–Crippen MR) is 296 cm³/mol. The van der Waals surface area contributed by atoms with Crippen LogP contribution in [-0.2, 0) is 4.79 Å². The van der Waals surface area contributed by atoms with Gasteiger partial charge in [0.2, 0.25) is 5.91 Å². The van der Waals surface area contributed by atoms with Crippen molar-refractivity contribution in [1.82, 2.24) is 5.32 Å². The van der Waals surface area contributed by atoms with Crippen molar-refractivity contribution in [3.05, 3.63) is 24.3 Å². The van der Waals surface area contributed by atoms with Crippen molar-refractivity contribution in [2.45, 2.75) is 360 Å². The molecule has 0 aliphatic heterocycles. The summed E-state index contributed by atoms with van der Waals surface area (Å²) < 4.78 is 0. The number of hydrogen-bond acceptors (Lipinski definition) is 4. The largest absolute Gasteiger partial charge is 0.394 e. The van der Waals surface area contributed by atoms with Crippen molar-refractivity contribution in [2.24, 2.45) is 0 Å². The summed E-state index contributed by atoms with van der Waals surface area (Å²) in [5.41, 5.74) is 0. The van der Waals surface area contributed by atoms with E-state index in [4.69, 9.17) is 0 Å². The van der Waals surface area contributed by atoms with Crippen LogP contribution in [0.4, 0.5) is 0 Å². The molecule has 0 saturated carbocycles. The number of nitrogens with one attached hydrogen (secondary N) is 1. The van der Waals surface area contributed by atoms with Crippen LogP contribution in [0, 0.1) is 0 Å². The first-order chi connectivity index (χ1) is 33.0. The molecule has 0 aromatic rings. The average Bonchev–Trinajstić information content (AvgIpc) is 3.32. The minimum absolute atomic E-state index is 0.0396. The van der Waals surface area contributed by atoms with E-state index in [1.807, 2.05) is 0 Å². The Labute approximate surface area is 420 Å². The van der Waals surface area contributed by atoms with E-state index in [0.717, 1.165) is 32.1 Å². The maximum absolute atomic E-state index is 12.6. The summed E-state index contributed by atoms with van der Waals surface area (Å²) in [6, 6.07) is -0.658. The van der Waals surface area contributed by atoms with Gasteiger partial charge in [-0.15, -0.1) is 0 Å². The lowest BCUT2D eigenvalue weighted by atomic mass is 10.0. The summed E-state index contributed by atoms with van der Waals surface area (Å²) >= 11 is 0. The van der Waals surface area contributed by atoms with Gasteiger partial charge in [-0.2, -0.15) is 0 Å². The summed E-state index contributed by atoms with van der Waals surface area (Å²) in [7, 11) is 0. The van der Waals surface area contributed by atoms with E-state index in [1.165, 1.54) is 276 Å². The Morgan fingerprint density at radius 1 is 0.373 bits per heavy atom. The first-order valence-corrected chi connectivity index (χ1v) is 30.6. The molecule has 1 amide bonds. The van der Waals surface area contributed by atoms with Gasteiger partial charge < -0.3 is 20.6 Å². The highest BCUT2D eigenvalue weighted by Crippen LogP contribution is 2.18. The molecule has 398 valence electrons. The monoisotopic (exact) mass is 944 g/mol. The van der Waals surface area contributed by atoms with Gasteiger partial charge in [-0.3, -0.25) is 4.79 Å². The molecule has 0 saturated heterocycles. The lowest BCUT2D eigenvalue weighted by Gasteiger charge is -2.23. The molecule has 0 aliphatic carbocycles. The molecule has 3 atom stereocenters. The lowest BCUT2D eigenvalue weighted by Crippen LogP contribution is -2.46. The normalized spacial score (nSPS) is 13.3. The average molecular weight is 945 g/mol. The minimum atomic E-state index is -0.749. The fourth-order valence-electron chi connectivity index (χ4n) is 9.85. The molecule has 0 rings (SSSR count). The number of hydrogen-bond donors (Lipinski definition) is 4. The van der Waals surface area contributed by atoms with Crippen molar-refractivity contribution in [3.63, 3.8) is 0 Å². The zero-order chi connectivity index (χ0) is 48.6.